The molecular formula is C17H19ClN4O4S. The summed E-state index contributed by atoms with van der Waals surface area (Å²) in [5, 5.41) is 4.01. The molecule has 0 saturated heterocycles. The van der Waals surface area contributed by atoms with Crippen molar-refractivity contribution in [3.05, 3.63) is 29.6 Å². The third-order valence-corrected chi connectivity index (χ3v) is 7.32. The molecule has 1 amide bonds. The Kier molecular flexibility index (Phi) is 4.10. The lowest BCUT2D eigenvalue weighted by molar-refractivity contribution is 0.0865. The Morgan fingerprint density at radius 2 is 1.93 bits per heavy atom. The van der Waals surface area contributed by atoms with Crippen LogP contribution in [0.4, 0.5) is 0 Å². The summed E-state index contributed by atoms with van der Waals surface area (Å²) < 4.78 is 31.8. The van der Waals surface area contributed by atoms with Crippen LogP contribution < -0.4 is 5.73 Å². The number of carbonyl (C=O) groups is 1. The standard InChI is InChI=1S/C17H18N4O4S.ClH/c18-17(7-1-2-8-17)16-19-14(25-20-16)10-3-6-12-13(9-10)26(23,24)21(15(12)22)11-4-5-11;/h3,6,9,11H,1-2,4-5,7-8,18H2;1H. The molecule has 0 atom stereocenters. The first kappa shape index (κ1) is 18.4. The topological polar surface area (TPSA) is 119 Å². The van der Waals surface area contributed by atoms with Gasteiger partial charge in [-0.3, -0.25) is 4.79 Å². The maximum absolute atomic E-state index is 12.7. The van der Waals surface area contributed by atoms with E-state index in [4.69, 9.17) is 10.3 Å². The number of nitrogens with zero attached hydrogens (tertiary/aromatic N) is 3. The van der Waals surface area contributed by atoms with E-state index < -0.39 is 21.5 Å². The first-order valence-corrected chi connectivity index (χ1v) is 10.2. The van der Waals surface area contributed by atoms with Crippen LogP contribution >= 0.6 is 12.4 Å². The van der Waals surface area contributed by atoms with Crippen LogP contribution in [0.3, 0.4) is 0 Å². The molecule has 0 unspecified atom stereocenters. The van der Waals surface area contributed by atoms with Gasteiger partial charge in [0.05, 0.1) is 11.1 Å². The van der Waals surface area contributed by atoms with E-state index in [2.05, 4.69) is 10.1 Å². The summed E-state index contributed by atoms with van der Waals surface area (Å²) in [7, 11) is -3.81. The van der Waals surface area contributed by atoms with Gasteiger partial charge in [-0.05, 0) is 43.9 Å². The number of aromatic nitrogens is 2. The Morgan fingerprint density at radius 1 is 1.22 bits per heavy atom. The van der Waals surface area contributed by atoms with Crippen molar-refractivity contribution in [3.8, 4) is 11.5 Å². The van der Waals surface area contributed by atoms with E-state index >= 15 is 0 Å². The number of nitrogens with two attached hydrogens (primary N) is 1. The predicted molar refractivity (Wildman–Crippen MR) is 97.7 cm³/mol. The minimum absolute atomic E-state index is 0. The summed E-state index contributed by atoms with van der Waals surface area (Å²) >= 11 is 0. The molecule has 0 spiro atoms. The Bertz CT molecular complexity index is 1030. The molecule has 1 aromatic carbocycles. The van der Waals surface area contributed by atoms with Crippen LogP contribution in [0, 0.1) is 0 Å². The van der Waals surface area contributed by atoms with Crippen molar-refractivity contribution < 1.29 is 17.7 Å². The summed E-state index contributed by atoms with van der Waals surface area (Å²) in [6.45, 7) is 0. The second-order valence-electron chi connectivity index (χ2n) is 7.33. The lowest BCUT2D eigenvalue weighted by Gasteiger charge is -2.17. The van der Waals surface area contributed by atoms with Gasteiger partial charge in [-0.25, -0.2) is 12.7 Å². The molecule has 8 nitrogen and oxygen atoms in total. The molecule has 144 valence electrons. The highest BCUT2D eigenvalue weighted by Gasteiger charge is 2.49. The SMILES string of the molecule is Cl.NC1(c2noc(-c3ccc4c(c3)S(=O)(=O)N(C3CC3)C4=O)n2)CCCC1. The lowest BCUT2D eigenvalue weighted by atomic mass is 9.98. The summed E-state index contributed by atoms with van der Waals surface area (Å²) in [5.74, 6) is 0.211. The molecule has 10 heteroatoms. The number of sulfonamides is 1. The monoisotopic (exact) mass is 410 g/mol. The summed E-state index contributed by atoms with van der Waals surface area (Å²) in [6, 6.07) is 4.39. The van der Waals surface area contributed by atoms with Crippen LogP contribution in [0.15, 0.2) is 27.6 Å². The van der Waals surface area contributed by atoms with Crippen LogP contribution in [0.2, 0.25) is 0 Å². The smallest absolute Gasteiger partial charge is 0.269 e. The number of benzene rings is 1. The number of rotatable bonds is 3. The van der Waals surface area contributed by atoms with Gasteiger partial charge in [0.1, 0.15) is 4.90 Å². The van der Waals surface area contributed by atoms with E-state index in [1.54, 1.807) is 6.07 Å². The minimum atomic E-state index is -3.81. The van der Waals surface area contributed by atoms with Crippen molar-refractivity contribution in [2.24, 2.45) is 5.73 Å². The minimum Gasteiger partial charge on any atom is -0.334 e. The number of halogens is 1. The van der Waals surface area contributed by atoms with Gasteiger partial charge in [-0.1, -0.05) is 18.0 Å². The fourth-order valence-electron chi connectivity index (χ4n) is 3.82. The third-order valence-electron chi connectivity index (χ3n) is 5.44. The Hall–Kier alpha value is -1.97. The number of carbonyl (C=O) groups excluding carboxylic acids is 1. The number of amides is 1. The van der Waals surface area contributed by atoms with Gasteiger partial charge in [-0.2, -0.15) is 4.98 Å². The maximum Gasteiger partial charge on any atom is 0.269 e. The number of hydrogen-bond donors (Lipinski definition) is 1. The molecule has 2 heterocycles. The highest BCUT2D eigenvalue weighted by atomic mass is 35.5. The first-order valence-electron chi connectivity index (χ1n) is 8.76. The van der Waals surface area contributed by atoms with Gasteiger partial charge >= 0.3 is 0 Å². The predicted octanol–water partition coefficient (Wildman–Crippen LogP) is 2.19. The van der Waals surface area contributed by atoms with Gasteiger partial charge < -0.3 is 10.3 Å². The quantitative estimate of drug-likeness (QED) is 0.823. The maximum atomic E-state index is 12.7. The zero-order valence-corrected chi connectivity index (χ0v) is 16.1. The highest BCUT2D eigenvalue weighted by Crippen LogP contribution is 2.41. The molecule has 5 rings (SSSR count). The van der Waals surface area contributed by atoms with Crippen LogP contribution in [0.5, 0.6) is 0 Å². The average Bonchev–Trinajstić information content (AvgIpc) is 3.06. The molecule has 2 aromatic rings. The van der Waals surface area contributed by atoms with Crippen molar-refractivity contribution in [2.75, 3.05) is 0 Å². The zero-order valence-electron chi connectivity index (χ0n) is 14.4. The van der Waals surface area contributed by atoms with E-state index in [0.717, 1.165) is 42.8 Å². The van der Waals surface area contributed by atoms with Crippen LogP contribution in [0.25, 0.3) is 11.5 Å². The molecule has 0 bridgehead atoms. The second kappa shape index (κ2) is 6.02. The van der Waals surface area contributed by atoms with Gasteiger partial charge in [0.15, 0.2) is 5.82 Å². The van der Waals surface area contributed by atoms with Crippen molar-refractivity contribution in [1.82, 2.24) is 14.4 Å². The Morgan fingerprint density at radius 3 is 2.59 bits per heavy atom. The normalized spacial score (nSPS) is 22.6. The molecule has 1 aliphatic heterocycles. The van der Waals surface area contributed by atoms with E-state index in [-0.39, 0.29) is 34.8 Å². The Labute approximate surface area is 162 Å². The lowest BCUT2D eigenvalue weighted by Crippen LogP contribution is -2.34. The molecule has 1 aromatic heterocycles. The van der Waals surface area contributed by atoms with Crippen LogP contribution in [-0.2, 0) is 15.6 Å². The zero-order chi connectivity index (χ0) is 18.1. The average molecular weight is 411 g/mol. The number of fused-ring (bicyclic) bond motifs is 1. The molecule has 3 aliphatic rings. The second-order valence-corrected chi connectivity index (χ2v) is 9.12. The van der Waals surface area contributed by atoms with Gasteiger partial charge in [0.2, 0.25) is 0 Å². The fourth-order valence-corrected chi connectivity index (χ4v) is 5.66. The molecule has 2 fully saturated rings. The molecular weight excluding hydrogens is 392 g/mol. The molecule has 2 saturated carbocycles. The number of hydrogen-bond acceptors (Lipinski definition) is 7. The summed E-state index contributed by atoms with van der Waals surface area (Å²) in [5.41, 5.74) is 6.44. The highest BCUT2D eigenvalue weighted by molar-refractivity contribution is 7.90. The van der Waals surface area contributed by atoms with Crippen LogP contribution in [0.1, 0.15) is 54.7 Å². The third kappa shape index (κ3) is 2.67. The van der Waals surface area contributed by atoms with Crippen molar-refractivity contribution in [3.63, 3.8) is 0 Å². The Balaban J connectivity index is 0.00000180. The van der Waals surface area contributed by atoms with E-state index in [1.807, 2.05) is 0 Å². The summed E-state index contributed by atoms with van der Waals surface area (Å²) in [4.78, 5) is 16.8. The van der Waals surface area contributed by atoms with E-state index in [1.165, 1.54) is 12.1 Å². The first-order chi connectivity index (χ1) is 12.4. The van der Waals surface area contributed by atoms with Gasteiger partial charge in [0, 0.05) is 11.6 Å². The van der Waals surface area contributed by atoms with E-state index in [0.29, 0.717) is 11.4 Å². The fraction of sp³-hybridized carbons (Fsp3) is 0.471. The largest absolute Gasteiger partial charge is 0.334 e. The molecule has 2 N–H and O–H groups in total. The van der Waals surface area contributed by atoms with Crippen molar-refractivity contribution in [1.29, 1.82) is 0 Å². The molecule has 0 radical (unpaired) electrons. The van der Waals surface area contributed by atoms with Crippen molar-refractivity contribution in [2.45, 2.75) is 55.0 Å². The van der Waals surface area contributed by atoms with Gasteiger partial charge in [-0.15, -0.1) is 12.4 Å². The summed E-state index contributed by atoms with van der Waals surface area (Å²) in [6.07, 6.45) is 5.09. The van der Waals surface area contributed by atoms with E-state index in [9.17, 15) is 13.2 Å². The molecule has 27 heavy (non-hydrogen) atoms. The molecule has 2 aliphatic carbocycles. The van der Waals surface area contributed by atoms with Crippen LogP contribution in [-0.4, -0.2) is 34.8 Å². The van der Waals surface area contributed by atoms with Crippen molar-refractivity contribution >= 4 is 28.3 Å². The van der Waals surface area contributed by atoms with Gasteiger partial charge in [0.25, 0.3) is 21.8 Å².